The Bertz CT molecular complexity index is 836. The van der Waals surface area contributed by atoms with Crippen molar-refractivity contribution in [1.29, 1.82) is 0 Å². The summed E-state index contributed by atoms with van der Waals surface area (Å²) in [5.41, 5.74) is 0.878. The third-order valence-corrected chi connectivity index (χ3v) is 4.86. The number of benzene rings is 1. The minimum Gasteiger partial charge on any atom is -0.356 e. The molecule has 6 nitrogen and oxygen atoms in total. The molecule has 0 aliphatic carbocycles. The van der Waals surface area contributed by atoms with Crippen LogP contribution in [-0.2, 0) is 12.8 Å². The van der Waals surface area contributed by atoms with Gasteiger partial charge in [0.05, 0.1) is 0 Å². The number of rotatable bonds is 7. The van der Waals surface area contributed by atoms with Crippen LogP contribution in [0.1, 0.15) is 10.8 Å². The summed E-state index contributed by atoms with van der Waals surface area (Å²) in [5, 5.41) is 13.3. The average molecular weight is 518 g/mol. The molecule has 0 fully saturated rings. The molecule has 27 heavy (non-hydrogen) atoms. The molecule has 9 heteroatoms. The lowest BCUT2D eigenvalue weighted by atomic mass is 10.2. The van der Waals surface area contributed by atoms with E-state index in [1.54, 1.807) is 30.5 Å². The number of hydrogen-bond acceptors (Lipinski definition) is 5. The predicted molar refractivity (Wildman–Crippen MR) is 121 cm³/mol. The Kier molecular flexibility index (Phi) is 9.02. The van der Waals surface area contributed by atoms with Gasteiger partial charge in [-0.3, -0.25) is 4.99 Å². The summed E-state index contributed by atoms with van der Waals surface area (Å²) < 4.78 is 5.30. The highest BCUT2D eigenvalue weighted by atomic mass is 127. The number of hydrogen-bond donors (Lipinski definition) is 2. The minimum absolute atomic E-state index is 0. The van der Waals surface area contributed by atoms with E-state index < -0.39 is 0 Å². The molecular weight excluding hydrogens is 497 g/mol. The number of nitrogens with zero attached hydrogens (tertiary/aromatic N) is 3. The van der Waals surface area contributed by atoms with E-state index in [0.717, 1.165) is 24.5 Å². The van der Waals surface area contributed by atoms with Crippen LogP contribution in [0.2, 0.25) is 5.02 Å². The molecule has 2 N–H and O–H groups in total. The van der Waals surface area contributed by atoms with Crippen LogP contribution in [0.4, 0.5) is 0 Å². The van der Waals surface area contributed by atoms with Gasteiger partial charge in [-0.1, -0.05) is 22.8 Å². The van der Waals surface area contributed by atoms with Crippen LogP contribution in [0, 0.1) is 0 Å². The van der Waals surface area contributed by atoms with Crippen molar-refractivity contribution in [3.63, 3.8) is 0 Å². The Balaban J connectivity index is 0.00000261. The number of nitrogens with one attached hydrogen (secondary N) is 2. The van der Waals surface area contributed by atoms with Gasteiger partial charge in [-0.2, -0.15) is 4.98 Å². The van der Waals surface area contributed by atoms with Crippen molar-refractivity contribution >= 4 is 52.9 Å². The van der Waals surface area contributed by atoms with Crippen LogP contribution < -0.4 is 10.6 Å². The maximum absolute atomic E-state index is 5.89. The number of guanidine groups is 1. The number of aliphatic imine (C=N–C) groups is 1. The zero-order chi connectivity index (χ0) is 18.2. The van der Waals surface area contributed by atoms with Gasteiger partial charge in [0.25, 0.3) is 0 Å². The first kappa shape index (κ1) is 21.6. The molecule has 0 radical (unpaired) electrons. The lowest BCUT2D eigenvalue weighted by Gasteiger charge is -2.10. The van der Waals surface area contributed by atoms with Gasteiger partial charge < -0.3 is 15.2 Å². The second-order valence-electron chi connectivity index (χ2n) is 5.52. The zero-order valence-electron chi connectivity index (χ0n) is 14.8. The van der Waals surface area contributed by atoms with Crippen LogP contribution in [0.5, 0.6) is 0 Å². The standard InChI is InChI=1S/C18H20ClN5OS.HI/c1-20-18(21-10-8-15-3-2-12-26-15)22-11-9-16-23-17(24-25-16)13-4-6-14(19)7-5-13;/h2-7,12H,8-11H2,1H3,(H2,20,21,22);1H. The van der Waals surface area contributed by atoms with E-state index in [2.05, 4.69) is 43.3 Å². The quantitative estimate of drug-likeness (QED) is 0.281. The third-order valence-electron chi connectivity index (χ3n) is 3.67. The second-order valence-corrected chi connectivity index (χ2v) is 6.99. The summed E-state index contributed by atoms with van der Waals surface area (Å²) >= 11 is 7.66. The minimum atomic E-state index is 0. The van der Waals surface area contributed by atoms with E-state index >= 15 is 0 Å². The molecule has 0 saturated carbocycles. The molecule has 144 valence electrons. The van der Waals surface area contributed by atoms with Gasteiger partial charge in [-0.25, -0.2) is 0 Å². The summed E-state index contributed by atoms with van der Waals surface area (Å²) in [5.74, 6) is 1.91. The van der Waals surface area contributed by atoms with Crippen molar-refractivity contribution in [3.8, 4) is 11.4 Å². The Morgan fingerprint density at radius 3 is 2.56 bits per heavy atom. The maximum Gasteiger partial charge on any atom is 0.228 e. The lowest BCUT2D eigenvalue weighted by Crippen LogP contribution is -2.39. The molecule has 2 aromatic heterocycles. The van der Waals surface area contributed by atoms with Crippen LogP contribution in [-0.4, -0.2) is 36.2 Å². The van der Waals surface area contributed by atoms with E-state index in [9.17, 15) is 0 Å². The van der Waals surface area contributed by atoms with Crippen LogP contribution in [0.3, 0.4) is 0 Å². The van der Waals surface area contributed by atoms with Crippen molar-refractivity contribution in [2.24, 2.45) is 4.99 Å². The Morgan fingerprint density at radius 2 is 1.89 bits per heavy atom. The van der Waals surface area contributed by atoms with Gasteiger partial charge in [0.1, 0.15) is 0 Å². The van der Waals surface area contributed by atoms with Crippen LogP contribution in [0.15, 0.2) is 51.3 Å². The predicted octanol–water partition coefficient (Wildman–Crippen LogP) is 4.02. The fourth-order valence-electron chi connectivity index (χ4n) is 2.34. The summed E-state index contributed by atoms with van der Waals surface area (Å²) in [6, 6.07) is 11.6. The molecule has 0 spiro atoms. The van der Waals surface area contributed by atoms with Gasteiger partial charge in [-0.05, 0) is 42.1 Å². The summed E-state index contributed by atoms with van der Waals surface area (Å²) in [6.07, 6.45) is 1.60. The molecule has 0 aliphatic heterocycles. The second kappa shape index (κ2) is 11.3. The molecule has 3 aromatic rings. The molecule has 1 aromatic carbocycles. The summed E-state index contributed by atoms with van der Waals surface area (Å²) in [4.78, 5) is 9.98. The van der Waals surface area contributed by atoms with E-state index in [1.165, 1.54) is 4.88 Å². The first-order chi connectivity index (χ1) is 12.7. The van der Waals surface area contributed by atoms with Crippen molar-refractivity contribution in [2.45, 2.75) is 12.8 Å². The van der Waals surface area contributed by atoms with Gasteiger partial charge in [0, 0.05) is 42.0 Å². The number of thiophene rings is 1. The normalized spacial score (nSPS) is 11.1. The Labute approximate surface area is 184 Å². The highest BCUT2D eigenvalue weighted by Gasteiger charge is 2.08. The lowest BCUT2D eigenvalue weighted by molar-refractivity contribution is 0.378. The van der Waals surface area contributed by atoms with E-state index in [4.69, 9.17) is 16.1 Å². The molecule has 0 amide bonds. The fourth-order valence-corrected chi connectivity index (χ4v) is 3.17. The van der Waals surface area contributed by atoms with E-state index in [-0.39, 0.29) is 24.0 Å². The fraction of sp³-hybridized carbons (Fsp3) is 0.278. The molecule has 2 heterocycles. The van der Waals surface area contributed by atoms with Crippen molar-refractivity contribution in [1.82, 2.24) is 20.8 Å². The van der Waals surface area contributed by atoms with Gasteiger partial charge in [0.2, 0.25) is 11.7 Å². The molecule has 0 unspecified atom stereocenters. The van der Waals surface area contributed by atoms with Crippen molar-refractivity contribution < 1.29 is 4.52 Å². The molecule has 0 aliphatic rings. The molecule has 0 bridgehead atoms. The molecule has 3 rings (SSSR count). The van der Waals surface area contributed by atoms with Crippen LogP contribution in [0.25, 0.3) is 11.4 Å². The first-order valence-corrected chi connectivity index (χ1v) is 9.56. The summed E-state index contributed by atoms with van der Waals surface area (Å²) in [7, 11) is 1.76. The molecule has 0 atom stereocenters. The third kappa shape index (κ3) is 6.78. The van der Waals surface area contributed by atoms with Gasteiger partial charge in [-0.15, -0.1) is 35.3 Å². The smallest absolute Gasteiger partial charge is 0.228 e. The largest absolute Gasteiger partial charge is 0.356 e. The van der Waals surface area contributed by atoms with Crippen molar-refractivity contribution in [3.05, 3.63) is 57.6 Å². The average Bonchev–Trinajstić information content (AvgIpc) is 3.33. The SMILES string of the molecule is CN=C(NCCc1nc(-c2ccc(Cl)cc2)no1)NCCc1cccs1.I. The highest BCUT2D eigenvalue weighted by molar-refractivity contribution is 14.0. The Hall–Kier alpha value is -1.65. The molecular formula is C18H21ClIN5OS. The van der Waals surface area contributed by atoms with E-state index in [1.807, 2.05) is 12.1 Å². The zero-order valence-corrected chi connectivity index (χ0v) is 18.7. The van der Waals surface area contributed by atoms with E-state index in [0.29, 0.717) is 29.7 Å². The Morgan fingerprint density at radius 1 is 1.15 bits per heavy atom. The highest BCUT2D eigenvalue weighted by Crippen LogP contribution is 2.18. The van der Waals surface area contributed by atoms with Gasteiger partial charge >= 0.3 is 0 Å². The van der Waals surface area contributed by atoms with Crippen molar-refractivity contribution in [2.75, 3.05) is 20.1 Å². The van der Waals surface area contributed by atoms with Crippen LogP contribution >= 0.6 is 46.9 Å². The number of aromatic nitrogens is 2. The number of halogens is 2. The van der Waals surface area contributed by atoms with Gasteiger partial charge in [0.15, 0.2) is 5.96 Å². The maximum atomic E-state index is 5.89. The summed E-state index contributed by atoms with van der Waals surface area (Å²) in [6.45, 7) is 1.49. The molecule has 0 saturated heterocycles. The monoisotopic (exact) mass is 517 g/mol. The first-order valence-electron chi connectivity index (χ1n) is 8.30. The topological polar surface area (TPSA) is 75.3 Å².